The third-order valence-corrected chi connectivity index (χ3v) is 5.31. The van der Waals surface area contributed by atoms with Crippen molar-refractivity contribution in [1.29, 1.82) is 0 Å². The van der Waals surface area contributed by atoms with Crippen molar-refractivity contribution in [2.45, 2.75) is 44.8 Å². The van der Waals surface area contributed by atoms with E-state index >= 15 is 0 Å². The number of hydrogen-bond donors (Lipinski definition) is 1. The zero-order valence-electron chi connectivity index (χ0n) is 15.5. The number of nitrogens with zero attached hydrogens (tertiary/aromatic N) is 1. The summed E-state index contributed by atoms with van der Waals surface area (Å²) in [7, 11) is 0. The molecule has 140 valence electrons. The molecule has 2 aromatic rings. The van der Waals surface area contributed by atoms with Crippen molar-refractivity contribution in [2.24, 2.45) is 0 Å². The topological polar surface area (TPSA) is 58.6 Å². The lowest BCUT2D eigenvalue weighted by molar-refractivity contribution is -0.130. The Labute approximate surface area is 159 Å². The molecule has 0 bridgehead atoms. The van der Waals surface area contributed by atoms with Gasteiger partial charge >= 0.3 is 0 Å². The van der Waals surface area contributed by atoms with E-state index in [1.807, 2.05) is 55.5 Å². The van der Waals surface area contributed by atoms with Crippen LogP contribution in [-0.4, -0.2) is 30.6 Å². The summed E-state index contributed by atoms with van der Waals surface area (Å²) in [5.41, 5.74) is 3.81. The maximum atomic E-state index is 13.2. The van der Waals surface area contributed by atoms with Gasteiger partial charge in [0.15, 0.2) is 0 Å². The van der Waals surface area contributed by atoms with E-state index in [1.54, 1.807) is 4.90 Å². The van der Waals surface area contributed by atoms with Crippen LogP contribution in [0.5, 0.6) is 0 Å². The van der Waals surface area contributed by atoms with E-state index in [-0.39, 0.29) is 11.8 Å². The predicted octanol–water partition coefficient (Wildman–Crippen LogP) is 3.46. The van der Waals surface area contributed by atoms with E-state index in [9.17, 15) is 9.59 Å². The fourth-order valence-electron chi connectivity index (χ4n) is 3.86. The molecular formula is C22H24N2O3. The summed E-state index contributed by atoms with van der Waals surface area (Å²) >= 11 is 0. The quantitative estimate of drug-likeness (QED) is 0.907. The number of para-hydroxylation sites is 1. The van der Waals surface area contributed by atoms with Crippen molar-refractivity contribution >= 4 is 23.2 Å². The monoisotopic (exact) mass is 364 g/mol. The van der Waals surface area contributed by atoms with Crippen LogP contribution < -0.4 is 10.2 Å². The van der Waals surface area contributed by atoms with Gasteiger partial charge < -0.3 is 10.1 Å². The van der Waals surface area contributed by atoms with Crippen LogP contribution in [0.15, 0.2) is 48.5 Å². The molecule has 0 aromatic heterocycles. The number of hydrogen-bond acceptors (Lipinski definition) is 3. The van der Waals surface area contributed by atoms with Gasteiger partial charge in [0.25, 0.3) is 5.91 Å². The Bertz CT molecular complexity index is 841. The second-order valence-corrected chi connectivity index (χ2v) is 7.25. The second kappa shape index (κ2) is 7.53. The van der Waals surface area contributed by atoms with Crippen LogP contribution in [0.3, 0.4) is 0 Å². The molecule has 2 aliphatic rings. The van der Waals surface area contributed by atoms with Gasteiger partial charge in [-0.3, -0.25) is 14.5 Å². The number of benzene rings is 2. The first-order valence-electron chi connectivity index (χ1n) is 9.53. The zero-order chi connectivity index (χ0) is 18.8. The van der Waals surface area contributed by atoms with Gasteiger partial charge in [0, 0.05) is 18.0 Å². The molecule has 1 N–H and O–H groups in total. The predicted molar refractivity (Wildman–Crippen MR) is 105 cm³/mol. The van der Waals surface area contributed by atoms with Crippen LogP contribution in [-0.2, 0) is 20.7 Å². The Hall–Kier alpha value is -2.66. The minimum absolute atomic E-state index is 0.108. The van der Waals surface area contributed by atoms with Crippen LogP contribution in [0.1, 0.15) is 30.4 Å². The number of ether oxygens (including phenoxy) is 1. The summed E-state index contributed by atoms with van der Waals surface area (Å²) in [4.78, 5) is 27.9. The molecule has 5 nitrogen and oxygen atoms in total. The number of carbonyl (C=O) groups excluding carboxylic acids is 2. The summed E-state index contributed by atoms with van der Waals surface area (Å²) in [6.07, 6.45) is 2.52. The summed E-state index contributed by atoms with van der Waals surface area (Å²) in [6, 6.07) is 15.0. The van der Waals surface area contributed by atoms with E-state index in [0.717, 1.165) is 35.3 Å². The number of nitrogens with one attached hydrogen (secondary N) is 1. The van der Waals surface area contributed by atoms with Crippen molar-refractivity contribution < 1.29 is 14.3 Å². The van der Waals surface area contributed by atoms with Crippen molar-refractivity contribution in [3.8, 4) is 0 Å². The van der Waals surface area contributed by atoms with Gasteiger partial charge in [-0.2, -0.15) is 0 Å². The van der Waals surface area contributed by atoms with Gasteiger partial charge in [0.05, 0.1) is 0 Å². The van der Waals surface area contributed by atoms with Crippen LogP contribution in [0.25, 0.3) is 0 Å². The minimum atomic E-state index is -0.530. The molecule has 1 saturated heterocycles. The largest absolute Gasteiger partial charge is 0.368 e. The fraction of sp³-hybridized carbons (Fsp3) is 0.364. The molecule has 4 rings (SSSR count). The molecule has 27 heavy (non-hydrogen) atoms. The van der Waals surface area contributed by atoms with Gasteiger partial charge in [0.1, 0.15) is 12.1 Å². The molecule has 0 saturated carbocycles. The smallest absolute Gasteiger partial charge is 0.256 e. The standard InChI is InChI=1S/C22H24N2O3/c1-15-8-11-17(12-9-15)23-21(25)19-13-10-16-5-2-3-6-18(16)24(19)22(26)20-7-4-14-27-20/h2-3,5-6,8-9,11-12,19-20H,4,7,10,13-14H2,1H3,(H,23,25)/t19-,20+/m1/s1. The first kappa shape index (κ1) is 17.7. The molecule has 1 fully saturated rings. The average molecular weight is 364 g/mol. The van der Waals surface area contributed by atoms with E-state index < -0.39 is 12.1 Å². The first-order chi connectivity index (χ1) is 13.1. The fourth-order valence-corrected chi connectivity index (χ4v) is 3.86. The van der Waals surface area contributed by atoms with Crippen molar-refractivity contribution in [3.05, 3.63) is 59.7 Å². The van der Waals surface area contributed by atoms with Crippen LogP contribution in [0.2, 0.25) is 0 Å². The van der Waals surface area contributed by atoms with Gasteiger partial charge in [-0.15, -0.1) is 0 Å². The Kier molecular flexibility index (Phi) is 4.94. The maximum Gasteiger partial charge on any atom is 0.256 e. The molecule has 0 spiro atoms. The molecule has 0 aliphatic carbocycles. The highest BCUT2D eigenvalue weighted by molar-refractivity contribution is 6.07. The van der Waals surface area contributed by atoms with Gasteiger partial charge in [-0.25, -0.2) is 0 Å². The average Bonchev–Trinajstić information content (AvgIpc) is 3.23. The first-order valence-corrected chi connectivity index (χ1v) is 9.53. The lowest BCUT2D eigenvalue weighted by atomic mass is 9.94. The van der Waals surface area contributed by atoms with Crippen molar-refractivity contribution in [2.75, 3.05) is 16.8 Å². The summed E-state index contributed by atoms with van der Waals surface area (Å²) in [5.74, 6) is -0.261. The molecule has 2 amide bonds. The minimum Gasteiger partial charge on any atom is -0.368 e. The molecule has 2 aromatic carbocycles. The Morgan fingerprint density at radius 1 is 1.07 bits per heavy atom. The van der Waals surface area contributed by atoms with E-state index in [2.05, 4.69) is 5.32 Å². The molecule has 0 radical (unpaired) electrons. The highest BCUT2D eigenvalue weighted by Crippen LogP contribution is 2.33. The van der Waals surface area contributed by atoms with E-state index in [0.29, 0.717) is 19.4 Å². The highest BCUT2D eigenvalue weighted by atomic mass is 16.5. The van der Waals surface area contributed by atoms with Crippen LogP contribution >= 0.6 is 0 Å². The number of amides is 2. The third kappa shape index (κ3) is 3.60. The summed E-state index contributed by atoms with van der Waals surface area (Å²) in [6.45, 7) is 2.61. The van der Waals surface area contributed by atoms with E-state index in [1.165, 1.54) is 0 Å². The molecular weight excluding hydrogens is 340 g/mol. The number of fused-ring (bicyclic) bond motifs is 1. The number of anilines is 2. The molecule has 2 atom stereocenters. The Morgan fingerprint density at radius 3 is 2.59 bits per heavy atom. The lowest BCUT2D eigenvalue weighted by Crippen LogP contribution is -2.53. The van der Waals surface area contributed by atoms with Gasteiger partial charge in [-0.1, -0.05) is 35.9 Å². The maximum absolute atomic E-state index is 13.2. The third-order valence-electron chi connectivity index (χ3n) is 5.31. The van der Waals surface area contributed by atoms with E-state index in [4.69, 9.17) is 4.74 Å². The van der Waals surface area contributed by atoms with Crippen LogP contribution in [0, 0.1) is 6.92 Å². The SMILES string of the molecule is Cc1ccc(NC(=O)[C@H]2CCc3ccccc3N2C(=O)[C@@H]2CCCO2)cc1. The zero-order valence-corrected chi connectivity index (χ0v) is 15.5. The molecule has 0 unspecified atom stereocenters. The lowest BCUT2D eigenvalue weighted by Gasteiger charge is -2.37. The Balaban J connectivity index is 1.62. The number of carbonyl (C=O) groups is 2. The normalized spacial score (nSPS) is 21.6. The molecule has 2 aliphatic heterocycles. The summed E-state index contributed by atoms with van der Waals surface area (Å²) < 4.78 is 5.62. The van der Waals surface area contributed by atoms with Crippen molar-refractivity contribution in [1.82, 2.24) is 0 Å². The molecule has 2 heterocycles. The second-order valence-electron chi connectivity index (χ2n) is 7.25. The summed E-state index contributed by atoms with van der Waals surface area (Å²) in [5, 5.41) is 2.97. The highest BCUT2D eigenvalue weighted by Gasteiger charge is 2.39. The van der Waals surface area contributed by atoms with Gasteiger partial charge in [-0.05, 0) is 56.4 Å². The Morgan fingerprint density at radius 2 is 1.85 bits per heavy atom. The van der Waals surface area contributed by atoms with Crippen molar-refractivity contribution in [3.63, 3.8) is 0 Å². The number of aryl methyl sites for hydroxylation is 2. The van der Waals surface area contributed by atoms with Crippen LogP contribution in [0.4, 0.5) is 11.4 Å². The molecule has 5 heteroatoms. The number of rotatable bonds is 3. The van der Waals surface area contributed by atoms with Gasteiger partial charge in [0.2, 0.25) is 5.91 Å².